The van der Waals surface area contributed by atoms with Crippen LogP contribution in [0, 0.1) is 0 Å². The van der Waals surface area contributed by atoms with E-state index < -0.39 is 0 Å². The topological polar surface area (TPSA) is 55.1 Å². The first-order valence-corrected chi connectivity index (χ1v) is 8.40. The molecule has 1 amide bonds. The van der Waals surface area contributed by atoms with E-state index in [1.54, 1.807) is 0 Å². The van der Waals surface area contributed by atoms with E-state index in [4.69, 9.17) is 5.73 Å². The zero-order valence-electron chi connectivity index (χ0n) is 13.4. The van der Waals surface area contributed by atoms with Crippen molar-refractivity contribution >= 4 is 5.91 Å². The van der Waals surface area contributed by atoms with E-state index >= 15 is 0 Å². The Hall–Kier alpha value is -2.13. The summed E-state index contributed by atoms with van der Waals surface area (Å²) in [6, 6.07) is 18.7. The summed E-state index contributed by atoms with van der Waals surface area (Å²) in [4.78, 5) is 12.7. The Labute approximate surface area is 137 Å². The van der Waals surface area contributed by atoms with Crippen molar-refractivity contribution in [2.45, 2.75) is 44.2 Å². The lowest BCUT2D eigenvalue weighted by Crippen LogP contribution is -2.40. The highest BCUT2D eigenvalue weighted by molar-refractivity contribution is 5.96. The summed E-state index contributed by atoms with van der Waals surface area (Å²) < 4.78 is 0. The van der Waals surface area contributed by atoms with E-state index in [9.17, 15) is 4.79 Å². The van der Waals surface area contributed by atoms with Crippen molar-refractivity contribution in [2.75, 3.05) is 0 Å². The number of hydrogen-bond donors (Lipinski definition) is 2. The van der Waals surface area contributed by atoms with Crippen LogP contribution in [0.5, 0.6) is 0 Å². The van der Waals surface area contributed by atoms with Crippen molar-refractivity contribution in [1.82, 2.24) is 5.32 Å². The first-order valence-electron chi connectivity index (χ1n) is 8.40. The average molecular weight is 308 g/mol. The van der Waals surface area contributed by atoms with Crippen LogP contribution in [0.25, 0.3) is 0 Å². The smallest absolute Gasteiger partial charge is 0.251 e. The third kappa shape index (κ3) is 4.20. The van der Waals surface area contributed by atoms with Crippen LogP contribution in [-0.4, -0.2) is 18.0 Å². The molecule has 0 unspecified atom stereocenters. The molecule has 3 N–H and O–H groups in total. The Morgan fingerprint density at radius 3 is 2.35 bits per heavy atom. The highest BCUT2D eigenvalue weighted by atomic mass is 16.1. The van der Waals surface area contributed by atoms with Crippen molar-refractivity contribution < 1.29 is 4.79 Å². The van der Waals surface area contributed by atoms with E-state index in [0.29, 0.717) is 6.04 Å². The second kappa shape index (κ2) is 7.42. The SMILES string of the molecule is NC1CCC(NC(=O)c2ccccc2Cc2ccccc2)CC1. The van der Waals surface area contributed by atoms with Gasteiger partial charge in [-0.1, -0.05) is 48.5 Å². The molecule has 0 bridgehead atoms. The molecular formula is C20H24N2O. The molecule has 2 aromatic carbocycles. The van der Waals surface area contributed by atoms with Gasteiger partial charge in [0.15, 0.2) is 0 Å². The number of carbonyl (C=O) groups excluding carboxylic acids is 1. The fourth-order valence-corrected chi connectivity index (χ4v) is 3.24. The van der Waals surface area contributed by atoms with E-state index in [-0.39, 0.29) is 11.9 Å². The minimum absolute atomic E-state index is 0.0389. The van der Waals surface area contributed by atoms with Crippen molar-refractivity contribution in [3.63, 3.8) is 0 Å². The Morgan fingerprint density at radius 2 is 1.61 bits per heavy atom. The minimum atomic E-state index is 0.0389. The Morgan fingerprint density at radius 1 is 0.957 bits per heavy atom. The standard InChI is InChI=1S/C20H24N2O/c21-17-10-12-18(13-11-17)22-20(23)19-9-5-4-8-16(19)14-15-6-2-1-3-7-15/h1-9,17-18H,10-14,21H2,(H,22,23). The van der Waals surface area contributed by atoms with Crippen molar-refractivity contribution in [3.05, 3.63) is 71.3 Å². The molecule has 1 fully saturated rings. The van der Waals surface area contributed by atoms with Crippen LogP contribution in [0.3, 0.4) is 0 Å². The summed E-state index contributed by atoms with van der Waals surface area (Å²) in [5.41, 5.74) is 9.01. The van der Waals surface area contributed by atoms with Crippen LogP contribution in [0.4, 0.5) is 0 Å². The molecule has 0 radical (unpaired) electrons. The number of rotatable bonds is 4. The quantitative estimate of drug-likeness (QED) is 0.910. The lowest BCUT2D eigenvalue weighted by atomic mass is 9.91. The normalized spacial score (nSPS) is 20.9. The van der Waals surface area contributed by atoms with Crippen LogP contribution in [0.1, 0.15) is 47.2 Å². The fourth-order valence-electron chi connectivity index (χ4n) is 3.24. The van der Waals surface area contributed by atoms with Gasteiger partial charge >= 0.3 is 0 Å². The van der Waals surface area contributed by atoms with Gasteiger partial charge in [-0.3, -0.25) is 4.79 Å². The largest absolute Gasteiger partial charge is 0.349 e. The van der Waals surface area contributed by atoms with Gasteiger partial charge in [-0.25, -0.2) is 0 Å². The molecule has 3 rings (SSSR count). The van der Waals surface area contributed by atoms with Crippen LogP contribution < -0.4 is 11.1 Å². The predicted molar refractivity (Wildman–Crippen MR) is 93.4 cm³/mol. The highest BCUT2D eigenvalue weighted by Gasteiger charge is 2.21. The second-order valence-corrected chi connectivity index (χ2v) is 6.40. The fraction of sp³-hybridized carbons (Fsp3) is 0.350. The van der Waals surface area contributed by atoms with Gasteiger partial charge in [0, 0.05) is 17.6 Å². The number of hydrogen-bond acceptors (Lipinski definition) is 2. The molecular weight excluding hydrogens is 284 g/mol. The van der Waals surface area contributed by atoms with E-state index in [1.807, 2.05) is 42.5 Å². The van der Waals surface area contributed by atoms with Crippen molar-refractivity contribution in [1.29, 1.82) is 0 Å². The Balaban J connectivity index is 1.70. The third-order valence-electron chi connectivity index (χ3n) is 4.61. The predicted octanol–water partition coefficient (Wildman–Crippen LogP) is 3.28. The Kier molecular flexibility index (Phi) is 5.09. The molecule has 1 aliphatic rings. The molecule has 1 saturated carbocycles. The van der Waals surface area contributed by atoms with E-state index in [0.717, 1.165) is 43.2 Å². The van der Waals surface area contributed by atoms with Gasteiger partial charge in [0.2, 0.25) is 0 Å². The number of carbonyl (C=O) groups is 1. The molecule has 0 atom stereocenters. The minimum Gasteiger partial charge on any atom is -0.349 e. The maximum Gasteiger partial charge on any atom is 0.251 e. The maximum atomic E-state index is 12.7. The number of nitrogens with two attached hydrogens (primary N) is 1. The third-order valence-corrected chi connectivity index (χ3v) is 4.61. The summed E-state index contributed by atoms with van der Waals surface area (Å²) in [6.07, 6.45) is 4.73. The van der Waals surface area contributed by atoms with Crippen LogP contribution in [0.2, 0.25) is 0 Å². The van der Waals surface area contributed by atoms with Gasteiger partial charge < -0.3 is 11.1 Å². The molecule has 0 aliphatic heterocycles. The molecule has 23 heavy (non-hydrogen) atoms. The van der Waals surface area contributed by atoms with Crippen molar-refractivity contribution in [2.24, 2.45) is 5.73 Å². The van der Waals surface area contributed by atoms with Gasteiger partial charge in [-0.05, 0) is 49.3 Å². The average Bonchev–Trinajstić information content (AvgIpc) is 2.58. The first kappa shape index (κ1) is 15.8. The molecule has 120 valence electrons. The molecule has 0 aromatic heterocycles. The van der Waals surface area contributed by atoms with Gasteiger partial charge in [-0.15, -0.1) is 0 Å². The second-order valence-electron chi connectivity index (χ2n) is 6.40. The van der Waals surface area contributed by atoms with Crippen LogP contribution in [0.15, 0.2) is 54.6 Å². The summed E-state index contributed by atoms with van der Waals surface area (Å²) in [5, 5.41) is 3.19. The summed E-state index contributed by atoms with van der Waals surface area (Å²) in [6.45, 7) is 0. The lowest BCUT2D eigenvalue weighted by Gasteiger charge is -2.27. The number of benzene rings is 2. The van der Waals surface area contributed by atoms with E-state index in [1.165, 1.54) is 5.56 Å². The molecule has 2 aromatic rings. The van der Waals surface area contributed by atoms with E-state index in [2.05, 4.69) is 17.4 Å². The summed E-state index contributed by atoms with van der Waals surface area (Å²) in [5.74, 6) is 0.0389. The molecule has 1 aliphatic carbocycles. The zero-order valence-corrected chi connectivity index (χ0v) is 13.4. The molecule has 0 saturated heterocycles. The molecule has 0 spiro atoms. The number of amides is 1. The zero-order chi connectivity index (χ0) is 16.1. The maximum absolute atomic E-state index is 12.7. The van der Waals surface area contributed by atoms with Gasteiger partial charge in [0.05, 0.1) is 0 Å². The van der Waals surface area contributed by atoms with Gasteiger partial charge in [-0.2, -0.15) is 0 Å². The van der Waals surface area contributed by atoms with Crippen molar-refractivity contribution in [3.8, 4) is 0 Å². The monoisotopic (exact) mass is 308 g/mol. The highest BCUT2D eigenvalue weighted by Crippen LogP contribution is 2.19. The number of nitrogens with one attached hydrogen (secondary N) is 1. The van der Waals surface area contributed by atoms with Gasteiger partial charge in [0.25, 0.3) is 5.91 Å². The van der Waals surface area contributed by atoms with Gasteiger partial charge in [0.1, 0.15) is 0 Å². The van der Waals surface area contributed by atoms with Crippen LogP contribution in [-0.2, 0) is 6.42 Å². The first-order chi connectivity index (χ1) is 11.2. The lowest BCUT2D eigenvalue weighted by molar-refractivity contribution is 0.0925. The summed E-state index contributed by atoms with van der Waals surface area (Å²) in [7, 11) is 0. The summed E-state index contributed by atoms with van der Waals surface area (Å²) >= 11 is 0. The molecule has 3 heteroatoms. The van der Waals surface area contributed by atoms with Crippen LogP contribution >= 0.6 is 0 Å². The molecule has 3 nitrogen and oxygen atoms in total. The Bertz CT molecular complexity index is 646. The molecule has 0 heterocycles.